The fourth-order valence-electron chi connectivity index (χ4n) is 3.35. The van der Waals surface area contributed by atoms with E-state index in [-0.39, 0.29) is 38.2 Å². The van der Waals surface area contributed by atoms with Crippen LogP contribution >= 0.6 is 0 Å². The average molecular weight is 629 g/mol. The maximum atomic E-state index is 12.3. The van der Waals surface area contributed by atoms with Crippen LogP contribution in [0.3, 0.4) is 0 Å². The first-order valence-electron chi connectivity index (χ1n) is 10.2. The molecule has 0 unspecified atom stereocenters. The molecule has 7 nitrogen and oxygen atoms in total. The van der Waals surface area contributed by atoms with Crippen molar-refractivity contribution in [3.05, 3.63) is 59.2 Å². The van der Waals surface area contributed by atoms with Gasteiger partial charge in [-0.25, -0.2) is 13.2 Å². The Morgan fingerprint density at radius 2 is 1.75 bits per heavy atom. The Morgan fingerprint density at radius 3 is 2.31 bits per heavy atom. The van der Waals surface area contributed by atoms with Gasteiger partial charge in [-0.1, -0.05) is 38.6 Å². The maximum Gasteiger partial charge on any atom is 0.326 e. The molecular weight excluding hydrogens is 601 g/mol. The standard InChI is InChI=1S/C23H28N3O4S.Re/c1-23(2,3)18-13-17(14-20(15-18)26-12-11-21(27)24-22(26)28)6-5-16-7-9-19(10-8-16)25-31(4,29)30;/h7-10,14-15,25H,5-6,11-12H2,1-4H3,(H,24,27,28);/q-1;. The minimum atomic E-state index is -3.30. The molecule has 1 heterocycles. The largest absolute Gasteiger partial charge is 0.326 e. The molecule has 9 heteroatoms. The van der Waals surface area contributed by atoms with E-state index >= 15 is 0 Å². The smallest absolute Gasteiger partial charge is 0.317 e. The number of nitrogens with one attached hydrogen (secondary N) is 2. The van der Waals surface area contributed by atoms with Gasteiger partial charge in [0.05, 0.1) is 6.26 Å². The molecule has 0 aliphatic carbocycles. The van der Waals surface area contributed by atoms with Crippen LogP contribution in [0.2, 0.25) is 0 Å². The number of nitrogens with zero attached hydrogens (tertiary/aromatic N) is 1. The number of benzene rings is 2. The van der Waals surface area contributed by atoms with Gasteiger partial charge >= 0.3 is 6.03 Å². The van der Waals surface area contributed by atoms with E-state index in [4.69, 9.17) is 0 Å². The molecular formula is C23H28N3O4ReS-. The van der Waals surface area contributed by atoms with Crippen molar-refractivity contribution in [2.45, 2.75) is 45.4 Å². The summed E-state index contributed by atoms with van der Waals surface area (Å²) >= 11 is 0. The van der Waals surface area contributed by atoms with Crippen LogP contribution in [-0.4, -0.2) is 33.2 Å². The molecule has 0 spiro atoms. The monoisotopic (exact) mass is 629 g/mol. The number of anilines is 2. The topological polar surface area (TPSA) is 95.6 Å². The van der Waals surface area contributed by atoms with Gasteiger partial charge in [0.15, 0.2) is 0 Å². The Balaban J connectivity index is 0.00000363. The molecule has 1 radical (unpaired) electrons. The minimum Gasteiger partial charge on any atom is -0.317 e. The van der Waals surface area contributed by atoms with E-state index in [1.165, 1.54) is 0 Å². The number of rotatable bonds is 6. The van der Waals surface area contributed by atoms with E-state index in [9.17, 15) is 18.0 Å². The van der Waals surface area contributed by atoms with E-state index in [0.717, 1.165) is 35.1 Å². The third kappa shape index (κ3) is 7.16. The predicted octanol–water partition coefficient (Wildman–Crippen LogP) is 3.38. The van der Waals surface area contributed by atoms with Crippen LogP contribution in [0, 0.1) is 6.07 Å². The Hall–Kier alpha value is -2.21. The number of hydrogen-bond donors (Lipinski definition) is 2. The second kappa shape index (κ2) is 10.2. The first kappa shape index (κ1) is 26.0. The molecule has 1 fully saturated rings. The molecule has 3 rings (SSSR count). The van der Waals surface area contributed by atoms with Crippen LogP contribution in [0.1, 0.15) is 43.9 Å². The van der Waals surface area contributed by atoms with Gasteiger partial charge in [0, 0.05) is 39.1 Å². The van der Waals surface area contributed by atoms with Gasteiger partial charge in [-0.3, -0.25) is 14.8 Å². The molecule has 2 aromatic rings. The van der Waals surface area contributed by atoms with Gasteiger partial charge < -0.3 is 4.90 Å². The summed E-state index contributed by atoms with van der Waals surface area (Å²) in [5, 5.41) is 2.37. The second-order valence-corrected chi connectivity index (χ2v) is 10.6. The average Bonchev–Trinajstić information content (AvgIpc) is 2.65. The zero-order valence-electron chi connectivity index (χ0n) is 18.7. The number of carbonyl (C=O) groups excluding carboxylic acids is 2. The van der Waals surface area contributed by atoms with Gasteiger partial charge in [-0.05, 0) is 36.0 Å². The molecule has 3 amide bonds. The van der Waals surface area contributed by atoms with E-state index < -0.39 is 16.1 Å². The molecule has 0 saturated carbocycles. The van der Waals surface area contributed by atoms with Crippen LogP contribution in [0.15, 0.2) is 36.4 Å². The summed E-state index contributed by atoms with van der Waals surface area (Å²) in [5.41, 5.74) is 4.18. The van der Waals surface area contributed by atoms with Gasteiger partial charge in [0.25, 0.3) is 0 Å². The molecule has 0 atom stereocenters. The number of sulfonamides is 1. The fourth-order valence-corrected chi connectivity index (χ4v) is 3.91. The molecule has 0 bridgehead atoms. The number of aryl methyl sites for hydroxylation is 2. The summed E-state index contributed by atoms with van der Waals surface area (Å²) in [4.78, 5) is 25.4. The molecule has 0 aromatic heterocycles. The predicted molar refractivity (Wildman–Crippen MR) is 122 cm³/mol. The summed E-state index contributed by atoms with van der Waals surface area (Å²) in [6.45, 7) is 6.64. The zero-order chi connectivity index (χ0) is 22.8. The number of amides is 3. The van der Waals surface area contributed by atoms with Crippen molar-refractivity contribution < 1.29 is 38.4 Å². The first-order chi connectivity index (χ1) is 14.4. The van der Waals surface area contributed by atoms with E-state index in [1.54, 1.807) is 17.0 Å². The van der Waals surface area contributed by atoms with Crippen molar-refractivity contribution in [1.29, 1.82) is 0 Å². The molecule has 1 aliphatic heterocycles. The normalized spacial score (nSPS) is 14.6. The van der Waals surface area contributed by atoms with Crippen LogP contribution in [-0.2, 0) is 53.5 Å². The van der Waals surface area contributed by atoms with E-state index in [2.05, 4.69) is 36.9 Å². The van der Waals surface area contributed by atoms with Crippen LogP contribution in [0.25, 0.3) is 0 Å². The number of carbonyl (C=O) groups is 2. The molecule has 173 valence electrons. The molecule has 1 aliphatic rings. The van der Waals surface area contributed by atoms with Crippen molar-refractivity contribution in [3.63, 3.8) is 0 Å². The maximum absolute atomic E-state index is 12.3. The van der Waals surface area contributed by atoms with Crippen LogP contribution in [0.5, 0.6) is 0 Å². The first-order valence-corrected chi connectivity index (χ1v) is 12.0. The van der Waals surface area contributed by atoms with Crippen molar-refractivity contribution in [2.24, 2.45) is 0 Å². The molecule has 32 heavy (non-hydrogen) atoms. The summed E-state index contributed by atoms with van der Waals surface area (Å²) < 4.78 is 25.1. The van der Waals surface area contributed by atoms with Gasteiger partial charge in [0.1, 0.15) is 0 Å². The van der Waals surface area contributed by atoms with Gasteiger partial charge in [-0.15, -0.1) is 12.1 Å². The van der Waals surface area contributed by atoms with Gasteiger partial charge in [-0.2, -0.15) is 17.2 Å². The summed E-state index contributed by atoms with van der Waals surface area (Å²) in [6, 6.07) is 14.3. The Morgan fingerprint density at radius 1 is 1.09 bits per heavy atom. The van der Waals surface area contributed by atoms with Crippen LogP contribution < -0.4 is 14.9 Å². The molecule has 2 N–H and O–H groups in total. The van der Waals surface area contributed by atoms with Crippen LogP contribution in [0.4, 0.5) is 16.2 Å². The third-order valence-electron chi connectivity index (χ3n) is 5.02. The number of imide groups is 1. The van der Waals surface area contributed by atoms with E-state index in [1.807, 2.05) is 24.3 Å². The Kier molecular flexibility index (Phi) is 8.27. The quantitative estimate of drug-likeness (QED) is 0.480. The van der Waals surface area contributed by atoms with Gasteiger partial charge in [0.2, 0.25) is 15.9 Å². The second-order valence-electron chi connectivity index (χ2n) is 8.85. The minimum absolute atomic E-state index is 0. The Bertz CT molecular complexity index is 1090. The number of hydrogen-bond acceptors (Lipinski definition) is 4. The summed E-state index contributed by atoms with van der Waals surface area (Å²) in [6.07, 6.45) is 2.85. The third-order valence-corrected chi connectivity index (χ3v) is 5.63. The van der Waals surface area contributed by atoms with Crippen molar-refractivity contribution in [1.82, 2.24) is 5.32 Å². The van der Waals surface area contributed by atoms with Crippen molar-refractivity contribution >= 4 is 33.3 Å². The SMILES string of the molecule is CC(C)(C)c1[c-]c(CCc2ccc(NS(C)(=O)=O)cc2)cc(N2CCC(=O)NC2=O)c1.[Re]. The molecule has 1 saturated heterocycles. The summed E-state index contributed by atoms with van der Waals surface area (Å²) in [5.74, 6) is -0.256. The van der Waals surface area contributed by atoms with Crippen molar-refractivity contribution in [3.8, 4) is 0 Å². The summed E-state index contributed by atoms with van der Waals surface area (Å²) in [7, 11) is -3.30. The zero-order valence-corrected chi connectivity index (χ0v) is 22.2. The van der Waals surface area contributed by atoms with Crippen molar-refractivity contribution in [2.75, 3.05) is 22.4 Å². The number of urea groups is 1. The van der Waals surface area contributed by atoms with E-state index in [0.29, 0.717) is 18.7 Å². The Labute approximate surface area is 203 Å². The fraction of sp³-hybridized carbons (Fsp3) is 0.391. The molecule has 2 aromatic carbocycles.